The van der Waals surface area contributed by atoms with E-state index < -0.39 is 0 Å². The topological polar surface area (TPSA) is 15.8 Å². The van der Waals surface area contributed by atoms with Crippen molar-refractivity contribution in [3.8, 4) is 0 Å². The highest BCUT2D eigenvalue weighted by Crippen LogP contribution is 2.29. The number of aromatic amines is 1. The van der Waals surface area contributed by atoms with Crippen LogP contribution in [0.5, 0.6) is 0 Å². The third kappa shape index (κ3) is 1.92. The highest BCUT2D eigenvalue weighted by atomic mass is 14.7. The van der Waals surface area contributed by atoms with E-state index in [0.29, 0.717) is 5.92 Å². The van der Waals surface area contributed by atoms with Crippen molar-refractivity contribution < 1.29 is 0 Å². The highest BCUT2D eigenvalue weighted by molar-refractivity contribution is 5.80. The Morgan fingerprint density at radius 2 is 1.78 bits per heavy atom. The van der Waals surface area contributed by atoms with E-state index in [0.717, 1.165) is 6.42 Å². The second kappa shape index (κ2) is 4.69. The predicted octanol–water partition coefficient (Wildman–Crippen LogP) is 4.52. The van der Waals surface area contributed by atoms with Gasteiger partial charge in [-0.25, -0.2) is 0 Å². The Morgan fingerprint density at radius 1 is 0.944 bits per heavy atom. The molecular weight excluding hydrogens is 218 g/mol. The van der Waals surface area contributed by atoms with Gasteiger partial charge in [-0.1, -0.05) is 49.4 Å². The molecule has 2 aromatic carbocycles. The Kier molecular flexibility index (Phi) is 2.89. The lowest BCUT2D eigenvalue weighted by atomic mass is 9.89. The number of hydrogen-bond donors (Lipinski definition) is 1. The number of H-pyrrole nitrogens is 1. The minimum atomic E-state index is 0.374. The molecule has 0 saturated heterocycles. The number of rotatable bonds is 3. The summed E-state index contributed by atoms with van der Waals surface area (Å²) in [5.41, 5.74) is 3.85. The summed E-state index contributed by atoms with van der Waals surface area (Å²) in [7, 11) is 0. The van der Waals surface area contributed by atoms with Crippen LogP contribution in [0.3, 0.4) is 0 Å². The lowest BCUT2D eigenvalue weighted by Gasteiger charge is -2.16. The lowest BCUT2D eigenvalue weighted by Crippen LogP contribution is -1.99. The maximum atomic E-state index is 4.10. The van der Waals surface area contributed by atoms with Crippen LogP contribution in [0, 0.1) is 6.92 Å². The molecule has 0 amide bonds. The van der Waals surface area contributed by atoms with Gasteiger partial charge in [0.05, 0.1) is 0 Å². The molecule has 1 nitrogen and oxygen atoms in total. The minimum absolute atomic E-state index is 0.374. The molecule has 1 heterocycles. The van der Waals surface area contributed by atoms with E-state index in [-0.39, 0.29) is 0 Å². The van der Waals surface area contributed by atoms with Gasteiger partial charge in [-0.3, -0.25) is 0 Å². The summed E-state index contributed by atoms with van der Waals surface area (Å²) in [5, 5.41) is 1.26. The Morgan fingerprint density at radius 3 is 2.56 bits per heavy atom. The summed E-state index contributed by atoms with van der Waals surface area (Å²) in [6, 6.07) is 19.3. The number of aromatic nitrogens is 1. The second-order valence-electron chi connectivity index (χ2n) is 4.58. The van der Waals surface area contributed by atoms with Gasteiger partial charge in [0.2, 0.25) is 0 Å². The third-order valence-corrected chi connectivity index (χ3v) is 3.47. The number of nitrogens with one attached hydrogen (secondary N) is 1. The molecule has 89 valence electrons. The molecule has 0 bridgehead atoms. The van der Waals surface area contributed by atoms with Crippen molar-refractivity contribution in [1.29, 1.82) is 0 Å². The molecule has 0 fully saturated rings. The molecule has 1 heteroatoms. The quantitative estimate of drug-likeness (QED) is 0.685. The Labute approximate surface area is 107 Å². The van der Waals surface area contributed by atoms with Crippen LogP contribution in [0.15, 0.2) is 60.8 Å². The van der Waals surface area contributed by atoms with Crippen molar-refractivity contribution >= 4 is 10.9 Å². The van der Waals surface area contributed by atoms with Crippen LogP contribution in [-0.4, -0.2) is 4.98 Å². The summed E-state index contributed by atoms with van der Waals surface area (Å²) in [4.78, 5) is 3.27. The fraction of sp³-hybridized carbons (Fsp3) is 0.118. The number of hydrogen-bond acceptors (Lipinski definition) is 0. The van der Waals surface area contributed by atoms with Crippen molar-refractivity contribution in [2.45, 2.75) is 12.3 Å². The van der Waals surface area contributed by atoms with E-state index in [2.05, 4.69) is 66.5 Å². The van der Waals surface area contributed by atoms with E-state index >= 15 is 0 Å². The van der Waals surface area contributed by atoms with Gasteiger partial charge in [0.15, 0.2) is 0 Å². The maximum Gasteiger partial charge on any atom is 0.0456 e. The van der Waals surface area contributed by atoms with Crippen LogP contribution >= 0.6 is 0 Å². The normalized spacial score (nSPS) is 12.7. The van der Waals surface area contributed by atoms with Crippen molar-refractivity contribution in [3.05, 3.63) is 78.8 Å². The van der Waals surface area contributed by atoms with Gasteiger partial charge in [0.25, 0.3) is 0 Å². The third-order valence-electron chi connectivity index (χ3n) is 3.47. The van der Waals surface area contributed by atoms with Gasteiger partial charge in [-0.15, -0.1) is 0 Å². The molecule has 18 heavy (non-hydrogen) atoms. The zero-order valence-electron chi connectivity index (χ0n) is 10.3. The standard InChI is InChI=1S/C17H16N/c1-2-16(13-6-4-3-5-7-13)15-9-8-14-10-11-18-17(14)12-15/h3-12,16,18H,1-2H2. The van der Waals surface area contributed by atoms with Gasteiger partial charge in [0, 0.05) is 17.6 Å². The molecular formula is C17H16N. The van der Waals surface area contributed by atoms with E-state index in [9.17, 15) is 0 Å². The van der Waals surface area contributed by atoms with Gasteiger partial charge in [-0.2, -0.15) is 0 Å². The molecule has 3 aromatic rings. The fourth-order valence-corrected chi connectivity index (χ4v) is 2.49. The molecule has 0 aliphatic rings. The zero-order valence-corrected chi connectivity index (χ0v) is 10.3. The first-order valence-electron chi connectivity index (χ1n) is 6.29. The maximum absolute atomic E-state index is 4.10. The van der Waals surface area contributed by atoms with E-state index in [1.807, 2.05) is 6.20 Å². The highest BCUT2D eigenvalue weighted by Gasteiger charge is 2.12. The molecule has 0 aliphatic heterocycles. The SMILES string of the molecule is [CH2]CC(c1ccccc1)c1ccc2cc[nH]c2c1. The van der Waals surface area contributed by atoms with E-state index in [1.54, 1.807) is 0 Å². The first kappa shape index (κ1) is 11.1. The summed E-state index contributed by atoms with van der Waals surface area (Å²) >= 11 is 0. The summed E-state index contributed by atoms with van der Waals surface area (Å²) in [6.45, 7) is 4.10. The molecule has 1 unspecified atom stereocenters. The van der Waals surface area contributed by atoms with Crippen LogP contribution in [0.2, 0.25) is 0 Å². The van der Waals surface area contributed by atoms with Gasteiger partial charge in [-0.05, 0) is 35.1 Å². The van der Waals surface area contributed by atoms with Crippen LogP contribution in [-0.2, 0) is 0 Å². The van der Waals surface area contributed by atoms with Gasteiger partial charge < -0.3 is 4.98 Å². The van der Waals surface area contributed by atoms with Crippen LogP contribution in [0.1, 0.15) is 23.5 Å². The van der Waals surface area contributed by atoms with Crippen molar-refractivity contribution in [2.24, 2.45) is 0 Å². The molecule has 0 aliphatic carbocycles. The lowest BCUT2D eigenvalue weighted by molar-refractivity contribution is 0.828. The van der Waals surface area contributed by atoms with E-state index in [1.165, 1.54) is 22.0 Å². The average molecular weight is 234 g/mol. The van der Waals surface area contributed by atoms with Crippen molar-refractivity contribution in [1.82, 2.24) is 4.98 Å². The first-order valence-corrected chi connectivity index (χ1v) is 6.29. The van der Waals surface area contributed by atoms with Crippen molar-refractivity contribution in [2.75, 3.05) is 0 Å². The van der Waals surface area contributed by atoms with Gasteiger partial charge >= 0.3 is 0 Å². The second-order valence-corrected chi connectivity index (χ2v) is 4.58. The Hall–Kier alpha value is -2.02. The molecule has 1 radical (unpaired) electrons. The number of fused-ring (bicyclic) bond motifs is 1. The predicted molar refractivity (Wildman–Crippen MR) is 76.6 cm³/mol. The fourth-order valence-electron chi connectivity index (χ4n) is 2.49. The molecule has 0 spiro atoms. The van der Waals surface area contributed by atoms with Crippen LogP contribution < -0.4 is 0 Å². The number of benzene rings is 2. The van der Waals surface area contributed by atoms with E-state index in [4.69, 9.17) is 0 Å². The summed E-state index contributed by atoms with van der Waals surface area (Å²) in [5.74, 6) is 0.374. The first-order chi connectivity index (χ1) is 8.88. The molecule has 0 saturated carbocycles. The smallest absolute Gasteiger partial charge is 0.0456 e. The van der Waals surface area contributed by atoms with Gasteiger partial charge in [0.1, 0.15) is 0 Å². The largest absolute Gasteiger partial charge is 0.361 e. The van der Waals surface area contributed by atoms with Crippen LogP contribution in [0.25, 0.3) is 10.9 Å². The molecule has 1 atom stereocenters. The Bertz CT molecular complexity index is 637. The minimum Gasteiger partial charge on any atom is -0.361 e. The Balaban J connectivity index is 2.05. The van der Waals surface area contributed by atoms with Crippen molar-refractivity contribution in [3.63, 3.8) is 0 Å². The molecule has 1 N–H and O–H groups in total. The molecule has 1 aromatic heterocycles. The summed E-state index contributed by atoms with van der Waals surface area (Å²) < 4.78 is 0. The zero-order chi connectivity index (χ0) is 12.4. The average Bonchev–Trinajstić information content (AvgIpc) is 2.88. The monoisotopic (exact) mass is 234 g/mol. The van der Waals surface area contributed by atoms with Crippen LogP contribution in [0.4, 0.5) is 0 Å². The summed E-state index contributed by atoms with van der Waals surface area (Å²) in [6.07, 6.45) is 2.85. The molecule has 3 rings (SSSR count).